The minimum absolute atomic E-state index is 0.0531. The van der Waals surface area contributed by atoms with Crippen molar-refractivity contribution in [3.63, 3.8) is 0 Å². The highest BCUT2D eigenvalue weighted by Gasteiger charge is 2.44. The zero-order chi connectivity index (χ0) is 29.6. The number of nitrogens with zero attached hydrogens (tertiary/aromatic N) is 4. The van der Waals surface area contributed by atoms with E-state index in [2.05, 4.69) is 63.2 Å². The van der Waals surface area contributed by atoms with Gasteiger partial charge in [0.05, 0.1) is 23.6 Å². The van der Waals surface area contributed by atoms with Crippen LogP contribution in [0.1, 0.15) is 44.4 Å². The fourth-order valence-electron chi connectivity index (χ4n) is 5.12. The predicted molar refractivity (Wildman–Crippen MR) is 166 cm³/mol. The molecular weight excluding hydrogens is 553 g/mol. The Kier molecular flexibility index (Phi) is 7.66. The van der Waals surface area contributed by atoms with Gasteiger partial charge in [0.1, 0.15) is 18.0 Å². The third kappa shape index (κ3) is 5.59. The number of hydrogen-bond donors (Lipinski definition) is 1. The molecule has 1 atom stereocenters. The summed E-state index contributed by atoms with van der Waals surface area (Å²) in [4.78, 5) is 22.6. The van der Waals surface area contributed by atoms with E-state index in [1.165, 1.54) is 7.41 Å². The van der Waals surface area contributed by atoms with Crippen molar-refractivity contribution in [2.24, 2.45) is 0 Å². The third-order valence-corrected chi connectivity index (χ3v) is 13.1. The van der Waals surface area contributed by atoms with E-state index in [1.54, 1.807) is 12.3 Å². The number of anilines is 3. The van der Waals surface area contributed by atoms with Crippen molar-refractivity contribution in [2.45, 2.75) is 57.7 Å². The predicted octanol–water partition coefficient (Wildman–Crippen LogP) is 6.26. The fourth-order valence-corrected chi connectivity index (χ4v) is 6.47. The number of nitriles is 1. The topological polar surface area (TPSA) is 100 Å². The number of benzene rings is 2. The van der Waals surface area contributed by atoms with Gasteiger partial charge in [-0.05, 0) is 54.0 Å². The van der Waals surface area contributed by atoms with Gasteiger partial charge in [-0.2, -0.15) is 5.26 Å². The highest BCUT2D eigenvalue weighted by molar-refractivity contribution is 6.74. The molecule has 0 saturated carbocycles. The molecule has 211 valence electrons. The SMILES string of the molecule is CC1(CO[Si](C)(C)C(C)(C)C)CN([B]C=O)c2c(C#N)cc(-c3ccnc(Nc4cc(Cl)cc5c4OCC5)n3)cc21. The zero-order valence-electron chi connectivity index (χ0n) is 24.3. The molecule has 1 N–H and O–H groups in total. The van der Waals surface area contributed by atoms with Gasteiger partial charge in [0, 0.05) is 53.0 Å². The second kappa shape index (κ2) is 10.8. The standard InChI is InChI=1S/C30H34BClN5O3Si/c1-29(2,3)41(5,6)40-17-30(4)16-37(31-18-38)26-21(15-33)11-20(13-23(26)30)24-7-9-34-28(35-24)36-25-14-22(32)12-19-8-10-39-27(19)25/h7,9,11-14,18H,8,10,16-17H2,1-6H3,(H,34,35,36). The Balaban J connectivity index is 1.53. The number of carbonyl (C=O) groups excluding carboxylic acids is 1. The number of rotatable bonds is 8. The molecule has 0 fully saturated rings. The molecule has 1 unspecified atom stereocenters. The number of fused-ring (bicyclic) bond motifs is 2. The molecule has 0 spiro atoms. The number of halogens is 1. The molecule has 0 bridgehead atoms. The van der Waals surface area contributed by atoms with Crippen molar-refractivity contribution < 1.29 is 14.0 Å². The number of nitrogens with one attached hydrogen (secondary N) is 1. The second-order valence-corrected chi connectivity index (χ2v) is 17.7. The van der Waals surface area contributed by atoms with Gasteiger partial charge in [-0.1, -0.05) is 39.3 Å². The molecule has 1 radical (unpaired) electrons. The van der Waals surface area contributed by atoms with Gasteiger partial charge >= 0.3 is 7.41 Å². The van der Waals surface area contributed by atoms with E-state index in [4.69, 9.17) is 25.7 Å². The van der Waals surface area contributed by atoms with Gasteiger partial charge in [0.2, 0.25) is 5.95 Å². The average Bonchev–Trinajstić information content (AvgIpc) is 3.50. The first-order valence-corrected chi connectivity index (χ1v) is 17.0. The lowest BCUT2D eigenvalue weighted by atomic mass is 9.83. The highest BCUT2D eigenvalue weighted by Crippen LogP contribution is 2.46. The minimum atomic E-state index is -2.05. The van der Waals surface area contributed by atoms with E-state index in [1.807, 2.05) is 23.0 Å². The number of hydrogen-bond acceptors (Lipinski definition) is 8. The highest BCUT2D eigenvalue weighted by atomic mass is 35.5. The maximum absolute atomic E-state index is 11.6. The maximum atomic E-state index is 11.6. The van der Waals surface area contributed by atoms with Crippen LogP contribution in [0.15, 0.2) is 36.5 Å². The Labute approximate surface area is 248 Å². The molecule has 5 rings (SSSR count). The molecular formula is C30H34BClN5O3Si. The largest absolute Gasteiger partial charge is 0.491 e. The van der Waals surface area contributed by atoms with E-state index in [-0.39, 0.29) is 5.04 Å². The van der Waals surface area contributed by atoms with Crippen LogP contribution < -0.4 is 14.9 Å². The van der Waals surface area contributed by atoms with Crippen LogP contribution in [0.2, 0.25) is 23.2 Å². The molecule has 0 amide bonds. The van der Waals surface area contributed by atoms with Crippen LogP contribution in [0.4, 0.5) is 17.3 Å². The number of aromatic nitrogens is 2. The van der Waals surface area contributed by atoms with Crippen LogP contribution in [0.25, 0.3) is 11.3 Å². The Bertz CT molecular complexity index is 1550. The lowest BCUT2D eigenvalue weighted by molar-refractivity contribution is 0.219. The zero-order valence-corrected chi connectivity index (χ0v) is 26.1. The third-order valence-electron chi connectivity index (χ3n) is 8.43. The summed E-state index contributed by atoms with van der Waals surface area (Å²) in [5.74, 6) is 1.15. The van der Waals surface area contributed by atoms with Gasteiger partial charge in [-0.3, -0.25) is 0 Å². The molecule has 3 heterocycles. The Morgan fingerprint density at radius 1 is 1.32 bits per heavy atom. The molecule has 11 heteroatoms. The van der Waals surface area contributed by atoms with Crippen LogP contribution in [0.5, 0.6) is 5.75 Å². The number of carbonyl (C=O) groups is 1. The summed E-state index contributed by atoms with van der Waals surface area (Å²) in [6, 6.07) is 11.8. The molecule has 2 aliphatic heterocycles. The maximum Gasteiger partial charge on any atom is 0.329 e. The fraction of sp³-hybridized carbons (Fsp3) is 0.400. The first kappa shape index (κ1) is 29.1. The van der Waals surface area contributed by atoms with E-state index in [9.17, 15) is 10.1 Å². The molecule has 1 aromatic heterocycles. The minimum Gasteiger partial charge on any atom is -0.491 e. The molecule has 2 aliphatic rings. The van der Waals surface area contributed by atoms with E-state index >= 15 is 0 Å². The summed E-state index contributed by atoms with van der Waals surface area (Å²) >= 11 is 6.35. The van der Waals surface area contributed by atoms with Gasteiger partial charge in [0.25, 0.3) is 0 Å². The van der Waals surface area contributed by atoms with Crippen LogP contribution in [0.3, 0.4) is 0 Å². The van der Waals surface area contributed by atoms with Crippen molar-refractivity contribution in [1.29, 1.82) is 5.26 Å². The van der Waals surface area contributed by atoms with Gasteiger partial charge in [0.15, 0.2) is 8.32 Å². The van der Waals surface area contributed by atoms with Crippen molar-refractivity contribution in [2.75, 3.05) is 29.9 Å². The first-order valence-electron chi connectivity index (χ1n) is 13.7. The summed E-state index contributed by atoms with van der Waals surface area (Å²) in [6.45, 7) is 14.9. The van der Waals surface area contributed by atoms with Crippen LogP contribution in [-0.4, -0.2) is 51.6 Å². The summed E-state index contributed by atoms with van der Waals surface area (Å²) in [5.41, 5.74) is 4.92. The van der Waals surface area contributed by atoms with Crippen LogP contribution >= 0.6 is 11.6 Å². The second-order valence-electron chi connectivity index (χ2n) is 12.5. The van der Waals surface area contributed by atoms with Crippen molar-refractivity contribution in [3.8, 4) is 23.1 Å². The smallest absolute Gasteiger partial charge is 0.329 e. The molecule has 2 aromatic carbocycles. The average molecular weight is 587 g/mol. The first-order chi connectivity index (χ1) is 19.3. The van der Waals surface area contributed by atoms with E-state index < -0.39 is 13.7 Å². The van der Waals surface area contributed by atoms with Crippen LogP contribution in [0, 0.1) is 11.3 Å². The Morgan fingerprint density at radius 2 is 2.10 bits per heavy atom. The van der Waals surface area contributed by atoms with E-state index in [0.717, 1.165) is 40.7 Å². The lowest BCUT2D eigenvalue weighted by Gasteiger charge is -2.39. The Morgan fingerprint density at radius 3 is 2.80 bits per heavy atom. The van der Waals surface area contributed by atoms with Crippen molar-refractivity contribution in [3.05, 3.63) is 58.2 Å². The molecule has 8 nitrogen and oxygen atoms in total. The van der Waals surface area contributed by atoms with Crippen LogP contribution in [-0.2, 0) is 21.1 Å². The Hall–Kier alpha value is -3.39. The van der Waals surface area contributed by atoms with E-state index in [0.29, 0.717) is 47.7 Å². The van der Waals surface area contributed by atoms with Gasteiger partial charge < -0.3 is 24.1 Å². The summed E-state index contributed by atoms with van der Waals surface area (Å²) < 4.78 is 12.5. The molecule has 0 aliphatic carbocycles. The van der Waals surface area contributed by atoms with Gasteiger partial charge in [-0.15, -0.1) is 0 Å². The summed E-state index contributed by atoms with van der Waals surface area (Å²) in [7, 11) is -0.554. The van der Waals surface area contributed by atoms with Crippen molar-refractivity contribution >= 4 is 50.8 Å². The van der Waals surface area contributed by atoms with Gasteiger partial charge in [-0.25, -0.2) is 9.97 Å². The summed E-state index contributed by atoms with van der Waals surface area (Å²) in [5, 5.41) is 14.1. The monoisotopic (exact) mass is 586 g/mol. The molecule has 41 heavy (non-hydrogen) atoms. The normalized spacial score (nSPS) is 17.9. The van der Waals surface area contributed by atoms with Crippen molar-refractivity contribution in [1.82, 2.24) is 9.97 Å². The number of ether oxygens (including phenoxy) is 1. The quantitative estimate of drug-likeness (QED) is 0.244. The lowest BCUT2D eigenvalue weighted by Crippen LogP contribution is -2.46. The molecule has 0 saturated heterocycles. The summed E-state index contributed by atoms with van der Waals surface area (Å²) in [6.07, 6.45) is 3.24. The molecule has 3 aromatic rings.